The van der Waals surface area contributed by atoms with Gasteiger partial charge >= 0.3 is 0 Å². The van der Waals surface area contributed by atoms with Gasteiger partial charge in [0.1, 0.15) is 0 Å². The lowest BCUT2D eigenvalue weighted by molar-refractivity contribution is -0.384. The number of carbonyl (C=O) groups excluding carboxylic acids is 1. The monoisotopic (exact) mass is 280 g/mol. The van der Waals surface area contributed by atoms with Gasteiger partial charge in [-0.15, -0.1) is 0 Å². The van der Waals surface area contributed by atoms with Gasteiger partial charge in [0, 0.05) is 17.7 Å². The fourth-order valence-corrected chi connectivity index (χ4v) is 1.97. The lowest BCUT2D eigenvalue weighted by Crippen LogP contribution is -2.50. The standard InChI is InChI=1S/C14H20N2O4/c1-4-14(5-2,9-17)15-13(18)12-8-11(16(19)20)7-6-10(12)3/h6-8,17H,4-5,9H2,1-3H3,(H,15,18). The minimum absolute atomic E-state index is 0.122. The van der Waals surface area contributed by atoms with Crippen molar-refractivity contribution in [1.29, 1.82) is 0 Å². The van der Waals surface area contributed by atoms with E-state index in [1.54, 1.807) is 13.0 Å². The van der Waals surface area contributed by atoms with Gasteiger partial charge in [0.25, 0.3) is 11.6 Å². The van der Waals surface area contributed by atoms with Crippen LogP contribution in [-0.2, 0) is 0 Å². The molecule has 0 aromatic heterocycles. The van der Waals surface area contributed by atoms with Crippen molar-refractivity contribution in [2.75, 3.05) is 6.61 Å². The number of carbonyl (C=O) groups is 1. The first-order chi connectivity index (χ1) is 9.39. The van der Waals surface area contributed by atoms with Crippen molar-refractivity contribution < 1.29 is 14.8 Å². The Kier molecular flexibility index (Phi) is 5.21. The van der Waals surface area contributed by atoms with E-state index >= 15 is 0 Å². The predicted molar refractivity (Wildman–Crippen MR) is 75.7 cm³/mol. The van der Waals surface area contributed by atoms with Crippen LogP contribution >= 0.6 is 0 Å². The van der Waals surface area contributed by atoms with Crippen LogP contribution in [0.25, 0.3) is 0 Å². The maximum Gasteiger partial charge on any atom is 0.270 e. The summed E-state index contributed by atoms with van der Waals surface area (Å²) in [5, 5.41) is 23.0. The summed E-state index contributed by atoms with van der Waals surface area (Å²) in [4.78, 5) is 22.5. The number of hydrogen-bond acceptors (Lipinski definition) is 4. The summed E-state index contributed by atoms with van der Waals surface area (Å²) in [5.74, 6) is -0.399. The number of rotatable bonds is 6. The fraction of sp³-hybridized carbons (Fsp3) is 0.500. The molecule has 20 heavy (non-hydrogen) atoms. The summed E-state index contributed by atoms with van der Waals surface area (Å²) in [6.45, 7) is 5.30. The number of non-ortho nitro benzene ring substituents is 1. The molecule has 0 radical (unpaired) electrons. The molecule has 0 bridgehead atoms. The Bertz CT molecular complexity index is 502. The van der Waals surface area contributed by atoms with E-state index in [0.29, 0.717) is 18.4 Å². The topological polar surface area (TPSA) is 92.5 Å². The molecule has 6 nitrogen and oxygen atoms in total. The van der Waals surface area contributed by atoms with Gasteiger partial charge in [0.2, 0.25) is 0 Å². The normalized spacial score (nSPS) is 11.2. The third kappa shape index (κ3) is 3.33. The van der Waals surface area contributed by atoms with E-state index in [9.17, 15) is 20.0 Å². The molecule has 2 N–H and O–H groups in total. The maximum atomic E-state index is 12.3. The quantitative estimate of drug-likeness (QED) is 0.617. The SMILES string of the molecule is CCC(CC)(CO)NC(=O)c1cc([N+](=O)[O-])ccc1C. The number of aliphatic hydroxyl groups excluding tert-OH is 1. The van der Waals surface area contributed by atoms with Gasteiger partial charge in [0.05, 0.1) is 17.1 Å². The third-order valence-corrected chi connectivity index (χ3v) is 3.71. The molecule has 6 heteroatoms. The van der Waals surface area contributed by atoms with E-state index in [-0.39, 0.29) is 17.9 Å². The molecule has 110 valence electrons. The summed E-state index contributed by atoms with van der Waals surface area (Å²) in [7, 11) is 0. The molecule has 0 aliphatic carbocycles. The molecule has 0 aliphatic rings. The Morgan fingerprint density at radius 1 is 1.40 bits per heavy atom. The average Bonchev–Trinajstić information content (AvgIpc) is 2.45. The Labute approximate surface area is 118 Å². The molecule has 1 amide bonds. The molecule has 0 atom stereocenters. The molecular weight excluding hydrogens is 260 g/mol. The summed E-state index contributed by atoms with van der Waals surface area (Å²) >= 11 is 0. The predicted octanol–water partition coefficient (Wildman–Crippen LogP) is 2.18. The number of nitro benzene ring substituents is 1. The van der Waals surface area contributed by atoms with Crippen molar-refractivity contribution in [1.82, 2.24) is 5.32 Å². The highest BCUT2D eigenvalue weighted by Gasteiger charge is 2.28. The van der Waals surface area contributed by atoms with Gasteiger partial charge in [-0.25, -0.2) is 0 Å². The number of aryl methyl sites for hydroxylation is 1. The van der Waals surface area contributed by atoms with Crippen LogP contribution in [0.15, 0.2) is 18.2 Å². The van der Waals surface area contributed by atoms with Gasteiger partial charge in [-0.3, -0.25) is 14.9 Å². The lowest BCUT2D eigenvalue weighted by atomic mass is 9.93. The van der Waals surface area contributed by atoms with E-state index in [0.717, 1.165) is 0 Å². The zero-order chi connectivity index (χ0) is 15.3. The number of amides is 1. The molecule has 1 aromatic rings. The van der Waals surface area contributed by atoms with Crippen molar-refractivity contribution in [3.63, 3.8) is 0 Å². The largest absolute Gasteiger partial charge is 0.394 e. The van der Waals surface area contributed by atoms with E-state index in [1.165, 1.54) is 12.1 Å². The van der Waals surface area contributed by atoms with Gasteiger partial charge in [-0.2, -0.15) is 0 Å². The summed E-state index contributed by atoms with van der Waals surface area (Å²) in [5.41, 5.74) is 0.114. The fourth-order valence-electron chi connectivity index (χ4n) is 1.97. The third-order valence-electron chi connectivity index (χ3n) is 3.71. The van der Waals surface area contributed by atoms with E-state index in [2.05, 4.69) is 5.32 Å². The van der Waals surface area contributed by atoms with E-state index < -0.39 is 16.4 Å². The van der Waals surface area contributed by atoms with Crippen LogP contribution < -0.4 is 5.32 Å². The minimum Gasteiger partial charge on any atom is -0.394 e. The Morgan fingerprint density at radius 2 is 2.00 bits per heavy atom. The Balaban J connectivity index is 3.08. The van der Waals surface area contributed by atoms with Crippen LogP contribution in [0.4, 0.5) is 5.69 Å². The van der Waals surface area contributed by atoms with Crippen molar-refractivity contribution in [2.24, 2.45) is 0 Å². The van der Waals surface area contributed by atoms with Gasteiger partial charge < -0.3 is 10.4 Å². The minimum atomic E-state index is -0.686. The van der Waals surface area contributed by atoms with Crippen LogP contribution in [0.5, 0.6) is 0 Å². The summed E-state index contributed by atoms with van der Waals surface area (Å²) in [6, 6.07) is 4.18. The molecule has 0 saturated carbocycles. The number of benzene rings is 1. The van der Waals surface area contributed by atoms with Crippen LogP contribution in [0, 0.1) is 17.0 Å². The highest BCUT2D eigenvalue weighted by molar-refractivity contribution is 5.96. The first kappa shape index (κ1) is 16.1. The first-order valence-corrected chi connectivity index (χ1v) is 6.57. The summed E-state index contributed by atoms with van der Waals surface area (Å²) in [6.07, 6.45) is 1.17. The number of aliphatic hydroxyl groups is 1. The van der Waals surface area contributed by atoms with Gasteiger partial charge in [0.15, 0.2) is 0 Å². The molecule has 0 unspecified atom stereocenters. The maximum absolute atomic E-state index is 12.3. The highest BCUT2D eigenvalue weighted by atomic mass is 16.6. The van der Waals surface area contributed by atoms with Crippen molar-refractivity contribution >= 4 is 11.6 Å². The second kappa shape index (κ2) is 6.47. The smallest absolute Gasteiger partial charge is 0.270 e. The molecule has 0 aliphatic heterocycles. The van der Waals surface area contributed by atoms with Crippen LogP contribution in [0.2, 0.25) is 0 Å². The van der Waals surface area contributed by atoms with Crippen LogP contribution in [0.1, 0.15) is 42.6 Å². The second-order valence-corrected chi connectivity index (χ2v) is 4.86. The summed E-state index contributed by atoms with van der Waals surface area (Å²) < 4.78 is 0. The van der Waals surface area contributed by atoms with Crippen molar-refractivity contribution in [2.45, 2.75) is 39.2 Å². The van der Waals surface area contributed by atoms with Crippen LogP contribution in [0.3, 0.4) is 0 Å². The molecule has 0 fully saturated rings. The van der Waals surface area contributed by atoms with Crippen molar-refractivity contribution in [3.8, 4) is 0 Å². The second-order valence-electron chi connectivity index (χ2n) is 4.86. The molecule has 0 spiro atoms. The molecule has 0 saturated heterocycles. The molecule has 1 aromatic carbocycles. The number of nitro groups is 1. The van der Waals surface area contributed by atoms with Gasteiger partial charge in [-0.05, 0) is 25.3 Å². The first-order valence-electron chi connectivity index (χ1n) is 6.57. The zero-order valence-electron chi connectivity index (χ0n) is 12.0. The molecule has 0 heterocycles. The Hall–Kier alpha value is -1.95. The molecular formula is C14H20N2O4. The average molecular weight is 280 g/mol. The zero-order valence-corrected chi connectivity index (χ0v) is 12.0. The lowest BCUT2D eigenvalue weighted by Gasteiger charge is -2.30. The Morgan fingerprint density at radius 3 is 2.45 bits per heavy atom. The number of hydrogen-bond donors (Lipinski definition) is 2. The number of nitrogens with one attached hydrogen (secondary N) is 1. The number of nitrogens with zero attached hydrogens (tertiary/aromatic N) is 1. The molecule has 1 rings (SSSR count). The van der Waals surface area contributed by atoms with Crippen molar-refractivity contribution in [3.05, 3.63) is 39.4 Å². The highest BCUT2D eigenvalue weighted by Crippen LogP contribution is 2.20. The van der Waals surface area contributed by atoms with Gasteiger partial charge in [-0.1, -0.05) is 19.9 Å². The van der Waals surface area contributed by atoms with Crippen LogP contribution in [-0.4, -0.2) is 28.1 Å². The van der Waals surface area contributed by atoms with E-state index in [4.69, 9.17) is 0 Å². The van der Waals surface area contributed by atoms with E-state index in [1.807, 2.05) is 13.8 Å².